The van der Waals surface area contributed by atoms with Crippen molar-refractivity contribution in [1.82, 2.24) is 15.6 Å². The summed E-state index contributed by atoms with van der Waals surface area (Å²) in [6, 6.07) is 22.4. The lowest BCUT2D eigenvalue weighted by Gasteiger charge is -2.22. The van der Waals surface area contributed by atoms with Crippen LogP contribution in [0.25, 0.3) is 0 Å². The van der Waals surface area contributed by atoms with Crippen molar-refractivity contribution >= 4 is 35.6 Å². The number of aromatic nitrogens is 1. The average Bonchev–Trinajstić information content (AvgIpc) is 3.35. The van der Waals surface area contributed by atoms with E-state index < -0.39 is 0 Å². The third kappa shape index (κ3) is 6.99. The highest BCUT2D eigenvalue weighted by Crippen LogP contribution is 2.30. The number of methoxy groups -OCH3 is 1. The maximum atomic E-state index is 5.81. The van der Waals surface area contributed by atoms with Gasteiger partial charge in [-0.05, 0) is 48.4 Å². The van der Waals surface area contributed by atoms with Crippen LogP contribution in [0.1, 0.15) is 17.7 Å². The van der Waals surface area contributed by atoms with Gasteiger partial charge in [0, 0.05) is 38.9 Å². The molecule has 1 atom stereocenters. The summed E-state index contributed by atoms with van der Waals surface area (Å²) in [5, 5.41) is 6.96. The molecule has 0 aliphatic carbocycles. The Hall–Kier alpha value is -3.01. The molecule has 0 amide bonds. The Morgan fingerprint density at radius 3 is 2.62 bits per heavy atom. The first kappa shape index (κ1) is 25.6. The largest absolute Gasteiger partial charge is 0.495 e. The number of hydrogen-bond donors (Lipinski definition) is 2. The Morgan fingerprint density at radius 2 is 1.88 bits per heavy atom. The summed E-state index contributed by atoms with van der Waals surface area (Å²) >= 11 is 0. The van der Waals surface area contributed by atoms with Crippen molar-refractivity contribution in [2.24, 2.45) is 4.99 Å². The van der Waals surface area contributed by atoms with Crippen LogP contribution in [0, 0.1) is 0 Å². The summed E-state index contributed by atoms with van der Waals surface area (Å²) in [6.07, 6.45) is 2.82. The van der Waals surface area contributed by atoms with Crippen LogP contribution in [0.5, 0.6) is 11.5 Å². The fourth-order valence-electron chi connectivity index (χ4n) is 3.91. The predicted molar refractivity (Wildman–Crippen MR) is 147 cm³/mol. The van der Waals surface area contributed by atoms with E-state index in [9.17, 15) is 0 Å². The van der Waals surface area contributed by atoms with Crippen LogP contribution in [-0.2, 0) is 13.2 Å². The van der Waals surface area contributed by atoms with E-state index in [0.717, 1.165) is 53.9 Å². The molecule has 4 rings (SSSR count). The number of pyridine rings is 1. The molecule has 2 aromatic carbocycles. The summed E-state index contributed by atoms with van der Waals surface area (Å²) in [5.41, 5.74) is 3.21. The second-order valence-electron chi connectivity index (χ2n) is 7.93. The van der Waals surface area contributed by atoms with E-state index >= 15 is 0 Å². The van der Waals surface area contributed by atoms with E-state index in [-0.39, 0.29) is 24.0 Å². The molecule has 1 saturated heterocycles. The molecule has 3 aromatic rings. The van der Waals surface area contributed by atoms with Crippen molar-refractivity contribution in [2.75, 3.05) is 32.1 Å². The molecule has 1 fully saturated rings. The standard InChI is InChI=1S/C26H31N5O2.HI/c1-27-26(30-21-14-16-31(18-21)24-8-3-4-9-25(24)32-2)29-17-20-10-12-23(13-11-20)33-19-22-7-5-6-15-28-22;/h3-13,15,21H,14,16-19H2,1-2H3,(H2,27,29,30);1H. The lowest BCUT2D eigenvalue weighted by atomic mass is 10.2. The Morgan fingerprint density at radius 1 is 1.09 bits per heavy atom. The molecule has 1 aliphatic rings. The fraction of sp³-hybridized carbons (Fsp3) is 0.308. The molecule has 1 unspecified atom stereocenters. The molecule has 0 saturated carbocycles. The van der Waals surface area contributed by atoms with Gasteiger partial charge in [0.2, 0.25) is 0 Å². The summed E-state index contributed by atoms with van der Waals surface area (Å²) in [6.45, 7) is 3.03. The lowest BCUT2D eigenvalue weighted by molar-refractivity contribution is 0.301. The molecule has 34 heavy (non-hydrogen) atoms. The molecule has 2 heterocycles. The summed E-state index contributed by atoms with van der Waals surface area (Å²) < 4.78 is 11.3. The fourth-order valence-corrected chi connectivity index (χ4v) is 3.91. The molecule has 1 aliphatic heterocycles. The van der Waals surface area contributed by atoms with Gasteiger partial charge in [-0.3, -0.25) is 9.98 Å². The minimum atomic E-state index is 0. The van der Waals surface area contributed by atoms with Crippen molar-refractivity contribution < 1.29 is 9.47 Å². The van der Waals surface area contributed by atoms with Crippen LogP contribution in [0.4, 0.5) is 5.69 Å². The first-order chi connectivity index (χ1) is 16.2. The van der Waals surface area contributed by atoms with Crippen molar-refractivity contribution in [3.05, 3.63) is 84.2 Å². The van der Waals surface area contributed by atoms with E-state index in [2.05, 4.69) is 43.7 Å². The number of guanidine groups is 1. The van der Waals surface area contributed by atoms with Crippen LogP contribution in [0.2, 0.25) is 0 Å². The summed E-state index contributed by atoms with van der Waals surface area (Å²) in [7, 11) is 3.52. The zero-order valence-electron chi connectivity index (χ0n) is 19.6. The van der Waals surface area contributed by atoms with Crippen molar-refractivity contribution in [1.29, 1.82) is 0 Å². The number of aliphatic imine (C=N–C) groups is 1. The van der Waals surface area contributed by atoms with Crippen LogP contribution in [-0.4, -0.2) is 44.2 Å². The number of hydrogen-bond acceptors (Lipinski definition) is 5. The Bertz CT molecular complexity index is 1050. The maximum Gasteiger partial charge on any atom is 0.191 e. The number of ether oxygens (including phenoxy) is 2. The van der Waals surface area contributed by atoms with E-state index in [4.69, 9.17) is 9.47 Å². The molecule has 0 spiro atoms. The predicted octanol–water partition coefficient (Wildman–Crippen LogP) is 4.23. The SMILES string of the molecule is CN=C(NCc1ccc(OCc2ccccn2)cc1)NC1CCN(c2ccccc2OC)C1.I. The number of para-hydroxylation sites is 2. The molecule has 0 radical (unpaired) electrons. The van der Waals surface area contributed by atoms with Crippen LogP contribution in [0.3, 0.4) is 0 Å². The molecule has 2 N–H and O–H groups in total. The van der Waals surface area contributed by atoms with Gasteiger partial charge in [0.1, 0.15) is 18.1 Å². The van der Waals surface area contributed by atoms with Crippen molar-refractivity contribution in [3.8, 4) is 11.5 Å². The van der Waals surface area contributed by atoms with E-state index in [1.807, 2.05) is 48.5 Å². The van der Waals surface area contributed by atoms with Gasteiger partial charge in [-0.1, -0.05) is 30.3 Å². The third-order valence-corrected chi connectivity index (χ3v) is 5.67. The number of nitrogens with zero attached hydrogens (tertiary/aromatic N) is 3. The normalized spacial score (nSPS) is 15.4. The van der Waals surface area contributed by atoms with Gasteiger partial charge in [0.25, 0.3) is 0 Å². The minimum Gasteiger partial charge on any atom is -0.495 e. The van der Waals surface area contributed by atoms with E-state index in [1.165, 1.54) is 0 Å². The van der Waals surface area contributed by atoms with Crippen molar-refractivity contribution in [3.63, 3.8) is 0 Å². The number of benzene rings is 2. The highest BCUT2D eigenvalue weighted by Gasteiger charge is 2.25. The quantitative estimate of drug-likeness (QED) is 0.239. The molecule has 180 valence electrons. The van der Waals surface area contributed by atoms with Gasteiger partial charge in [-0.15, -0.1) is 24.0 Å². The first-order valence-corrected chi connectivity index (χ1v) is 11.2. The Balaban J connectivity index is 0.00000324. The molecule has 1 aromatic heterocycles. The zero-order valence-corrected chi connectivity index (χ0v) is 21.9. The van der Waals surface area contributed by atoms with Crippen LogP contribution >= 0.6 is 24.0 Å². The van der Waals surface area contributed by atoms with Gasteiger partial charge < -0.3 is 25.0 Å². The third-order valence-electron chi connectivity index (χ3n) is 5.67. The smallest absolute Gasteiger partial charge is 0.191 e. The number of halogens is 1. The lowest BCUT2D eigenvalue weighted by Crippen LogP contribution is -2.44. The van der Waals surface area contributed by atoms with Crippen molar-refractivity contribution in [2.45, 2.75) is 25.6 Å². The minimum absolute atomic E-state index is 0. The summed E-state index contributed by atoms with van der Waals surface area (Å²) in [5.74, 6) is 2.54. The van der Waals surface area contributed by atoms with Gasteiger partial charge in [-0.2, -0.15) is 0 Å². The van der Waals surface area contributed by atoms with Crippen LogP contribution in [0.15, 0.2) is 77.9 Å². The van der Waals surface area contributed by atoms with E-state index in [1.54, 1.807) is 20.4 Å². The molecule has 0 bridgehead atoms. The Kier molecular flexibility index (Phi) is 9.81. The molecule has 7 nitrogen and oxygen atoms in total. The average molecular weight is 573 g/mol. The number of rotatable bonds is 8. The molecule has 8 heteroatoms. The van der Waals surface area contributed by atoms with Gasteiger partial charge >= 0.3 is 0 Å². The second-order valence-corrected chi connectivity index (χ2v) is 7.93. The number of anilines is 1. The topological polar surface area (TPSA) is 71.0 Å². The van der Waals surface area contributed by atoms with Gasteiger partial charge in [0.15, 0.2) is 5.96 Å². The molecular weight excluding hydrogens is 541 g/mol. The monoisotopic (exact) mass is 573 g/mol. The zero-order chi connectivity index (χ0) is 22.9. The van der Waals surface area contributed by atoms with Gasteiger partial charge in [-0.25, -0.2) is 0 Å². The Labute approximate surface area is 218 Å². The maximum absolute atomic E-state index is 5.81. The number of nitrogens with one attached hydrogen (secondary N) is 2. The van der Waals surface area contributed by atoms with E-state index in [0.29, 0.717) is 19.2 Å². The van der Waals surface area contributed by atoms with Crippen LogP contribution < -0.4 is 25.0 Å². The summed E-state index contributed by atoms with van der Waals surface area (Å²) in [4.78, 5) is 11.0. The first-order valence-electron chi connectivity index (χ1n) is 11.2. The highest BCUT2D eigenvalue weighted by atomic mass is 127. The molecular formula is C26H32IN5O2. The highest BCUT2D eigenvalue weighted by molar-refractivity contribution is 14.0. The van der Waals surface area contributed by atoms with Gasteiger partial charge in [0.05, 0.1) is 18.5 Å². The second kappa shape index (κ2) is 13.0.